The summed E-state index contributed by atoms with van der Waals surface area (Å²) in [6.07, 6.45) is 3.28. The van der Waals surface area contributed by atoms with Crippen molar-refractivity contribution in [2.24, 2.45) is 0 Å². The standard InChI is InChI=1S/C9H18N2O/c1-9(8(10)11(2)3)6-4-5-7-12-9/h10H,4-7H2,1-3H3. The molecule has 1 unspecified atom stereocenters. The second-order valence-corrected chi connectivity index (χ2v) is 3.78. The normalized spacial score (nSPS) is 29.9. The van der Waals surface area contributed by atoms with Gasteiger partial charge >= 0.3 is 0 Å². The monoisotopic (exact) mass is 170 g/mol. The summed E-state index contributed by atoms with van der Waals surface area (Å²) in [7, 11) is 3.79. The number of rotatable bonds is 1. The van der Waals surface area contributed by atoms with Gasteiger partial charge in [0.2, 0.25) is 0 Å². The Balaban J connectivity index is 2.62. The number of likely N-dealkylation sites (N-methyl/N-ethyl adjacent to an activating group) is 1. The maximum absolute atomic E-state index is 7.84. The zero-order chi connectivity index (χ0) is 9.19. The number of amidine groups is 1. The van der Waals surface area contributed by atoms with Gasteiger partial charge in [-0.1, -0.05) is 0 Å². The molecule has 0 bridgehead atoms. The highest BCUT2D eigenvalue weighted by Gasteiger charge is 2.33. The van der Waals surface area contributed by atoms with Crippen LogP contribution in [0.15, 0.2) is 0 Å². The van der Waals surface area contributed by atoms with E-state index in [1.165, 1.54) is 6.42 Å². The summed E-state index contributed by atoms with van der Waals surface area (Å²) in [5.41, 5.74) is -0.332. The van der Waals surface area contributed by atoms with Crippen molar-refractivity contribution in [1.82, 2.24) is 4.90 Å². The first-order valence-corrected chi connectivity index (χ1v) is 4.46. The summed E-state index contributed by atoms with van der Waals surface area (Å²) in [5, 5.41) is 7.84. The van der Waals surface area contributed by atoms with E-state index < -0.39 is 0 Å². The zero-order valence-electron chi connectivity index (χ0n) is 8.18. The van der Waals surface area contributed by atoms with Crippen molar-refractivity contribution in [2.75, 3.05) is 20.7 Å². The quantitative estimate of drug-likeness (QED) is 0.478. The van der Waals surface area contributed by atoms with Crippen molar-refractivity contribution >= 4 is 5.84 Å². The summed E-state index contributed by atoms with van der Waals surface area (Å²) in [6.45, 7) is 2.81. The van der Waals surface area contributed by atoms with Gasteiger partial charge in [0.1, 0.15) is 11.4 Å². The summed E-state index contributed by atoms with van der Waals surface area (Å²) >= 11 is 0. The first kappa shape index (κ1) is 9.52. The number of ether oxygens (including phenoxy) is 1. The first-order chi connectivity index (χ1) is 5.56. The number of nitrogens with zero attached hydrogens (tertiary/aromatic N) is 1. The van der Waals surface area contributed by atoms with Crippen LogP contribution in [-0.2, 0) is 4.74 Å². The second kappa shape index (κ2) is 3.44. The molecule has 1 rings (SSSR count). The fourth-order valence-corrected chi connectivity index (χ4v) is 1.59. The summed E-state index contributed by atoms with van der Waals surface area (Å²) in [6, 6.07) is 0. The van der Waals surface area contributed by atoms with Crippen LogP contribution >= 0.6 is 0 Å². The maximum atomic E-state index is 7.84. The topological polar surface area (TPSA) is 36.3 Å². The Bertz CT molecular complexity index is 171. The fraction of sp³-hybridized carbons (Fsp3) is 0.889. The predicted molar refractivity (Wildman–Crippen MR) is 49.6 cm³/mol. The van der Waals surface area contributed by atoms with Gasteiger partial charge in [0, 0.05) is 20.7 Å². The van der Waals surface area contributed by atoms with Gasteiger partial charge in [0.15, 0.2) is 0 Å². The smallest absolute Gasteiger partial charge is 0.128 e. The number of nitrogens with one attached hydrogen (secondary N) is 1. The lowest BCUT2D eigenvalue weighted by atomic mass is 9.94. The molecule has 0 spiro atoms. The average Bonchev–Trinajstić information content (AvgIpc) is 2.04. The second-order valence-electron chi connectivity index (χ2n) is 3.78. The van der Waals surface area contributed by atoms with Gasteiger partial charge in [0.25, 0.3) is 0 Å². The average molecular weight is 170 g/mol. The van der Waals surface area contributed by atoms with Crippen molar-refractivity contribution in [3.63, 3.8) is 0 Å². The molecule has 0 amide bonds. The van der Waals surface area contributed by atoms with Crippen LogP contribution in [0.1, 0.15) is 26.2 Å². The van der Waals surface area contributed by atoms with Crippen molar-refractivity contribution in [2.45, 2.75) is 31.8 Å². The van der Waals surface area contributed by atoms with Gasteiger partial charge in [0.05, 0.1) is 0 Å². The Morgan fingerprint density at radius 3 is 2.50 bits per heavy atom. The van der Waals surface area contributed by atoms with Crippen molar-refractivity contribution in [3.8, 4) is 0 Å². The van der Waals surface area contributed by atoms with E-state index in [9.17, 15) is 0 Å². The van der Waals surface area contributed by atoms with E-state index >= 15 is 0 Å². The molecule has 1 fully saturated rings. The van der Waals surface area contributed by atoms with E-state index in [4.69, 9.17) is 10.1 Å². The molecule has 1 aliphatic rings. The molecule has 1 atom stereocenters. The molecule has 12 heavy (non-hydrogen) atoms. The Morgan fingerprint density at radius 1 is 1.42 bits per heavy atom. The lowest BCUT2D eigenvalue weighted by molar-refractivity contribution is -0.0218. The fourth-order valence-electron chi connectivity index (χ4n) is 1.59. The minimum absolute atomic E-state index is 0.332. The molecule has 0 radical (unpaired) electrons. The molecule has 0 saturated carbocycles. The molecule has 0 aromatic rings. The van der Waals surface area contributed by atoms with Gasteiger partial charge in [-0.3, -0.25) is 5.41 Å². The minimum Gasteiger partial charge on any atom is -0.367 e. The van der Waals surface area contributed by atoms with Gasteiger partial charge < -0.3 is 9.64 Å². The van der Waals surface area contributed by atoms with Gasteiger partial charge in [-0.15, -0.1) is 0 Å². The minimum atomic E-state index is -0.332. The van der Waals surface area contributed by atoms with E-state index in [0.717, 1.165) is 19.4 Å². The molecule has 1 heterocycles. The molecule has 0 aromatic carbocycles. The lowest BCUT2D eigenvalue weighted by Gasteiger charge is -2.36. The third kappa shape index (κ3) is 1.78. The summed E-state index contributed by atoms with van der Waals surface area (Å²) in [5.74, 6) is 0.585. The van der Waals surface area contributed by atoms with Crippen LogP contribution in [0.4, 0.5) is 0 Å². The van der Waals surface area contributed by atoms with Crippen LogP contribution in [-0.4, -0.2) is 37.0 Å². The first-order valence-electron chi connectivity index (χ1n) is 4.46. The van der Waals surface area contributed by atoms with Crippen LogP contribution in [0.3, 0.4) is 0 Å². The van der Waals surface area contributed by atoms with Gasteiger partial charge in [-0.25, -0.2) is 0 Å². The molecule has 3 heteroatoms. The van der Waals surface area contributed by atoms with Gasteiger partial charge in [-0.2, -0.15) is 0 Å². The Morgan fingerprint density at radius 2 is 2.08 bits per heavy atom. The highest BCUT2D eigenvalue weighted by molar-refractivity contribution is 5.87. The summed E-state index contributed by atoms with van der Waals surface area (Å²) in [4.78, 5) is 1.82. The van der Waals surface area contributed by atoms with E-state index in [-0.39, 0.29) is 5.60 Å². The molecule has 3 nitrogen and oxygen atoms in total. The Kier molecular flexibility index (Phi) is 2.73. The zero-order valence-corrected chi connectivity index (χ0v) is 8.18. The van der Waals surface area contributed by atoms with Crippen LogP contribution in [0.25, 0.3) is 0 Å². The highest BCUT2D eigenvalue weighted by atomic mass is 16.5. The third-order valence-corrected chi connectivity index (χ3v) is 2.42. The molecule has 1 N–H and O–H groups in total. The lowest BCUT2D eigenvalue weighted by Crippen LogP contribution is -2.47. The van der Waals surface area contributed by atoms with Crippen LogP contribution < -0.4 is 0 Å². The van der Waals surface area contributed by atoms with E-state index in [0.29, 0.717) is 5.84 Å². The number of hydrogen-bond acceptors (Lipinski definition) is 2. The predicted octanol–water partition coefficient (Wildman–Crippen LogP) is 1.48. The third-order valence-electron chi connectivity index (χ3n) is 2.42. The van der Waals surface area contributed by atoms with Crippen molar-refractivity contribution in [3.05, 3.63) is 0 Å². The van der Waals surface area contributed by atoms with Crippen LogP contribution in [0.5, 0.6) is 0 Å². The number of hydrogen-bond donors (Lipinski definition) is 1. The van der Waals surface area contributed by atoms with Crippen LogP contribution in [0, 0.1) is 5.41 Å². The van der Waals surface area contributed by atoms with E-state index in [2.05, 4.69) is 0 Å². The largest absolute Gasteiger partial charge is 0.367 e. The molecular weight excluding hydrogens is 152 g/mol. The molecule has 1 saturated heterocycles. The van der Waals surface area contributed by atoms with E-state index in [1.807, 2.05) is 25.9 Å². The molecule has 0 aromatic heterocycles. The molecule has 70 valence electrons. The summed E-state index contributed by atoms with van der Waals surface area (Å²) < 4.78 is 5.62. The Hall–Kier alpha value is -0.570. The van der Waals surface area contributed by atoms with Crippen LogP contribution in [0.2, 0.25) is 0 Å². The van der Waals surface area contributed by atoms with Crippen molar-refractivity contribution < 1.29 is 4.74 Å². The molecule has 0 aliphatic carbocycles. The van der Waals surface area contributed by atoms with Gasteiger partial charge in [-0.05, 0) is 26.2 Å². The SMILES string of the molecule is CN(C)C(=N)C1(C)CCCCO1. The Labute approximate surface area is 74.2 Å². The molecule has 1 aliphatic heterocycles. The highest BCUT2D eigenvalue weighted by Crippen LogP contribution is 2.25. The maximum Gasteiger partial charge on any atom is 0.128 e. The van der Waals surface area contributed by atoms with Crippen molar-refractivity contribution in [1.29, 1.82) is 5.41 Å². The molecular formula is C9H18N2O. The van der Waals surface area contributed by atoms with E-state index in [1.54, 1.807) is 0 Å².